The Balaban J connectivity index is 2.77. The summed E-state index contributed by atoms with van der Waals surface area (Å²) in [6, 6.07) is 5.69. The fraction of sp³-hybridized carbons (Fsp3) is 0.385. The van der Waals surface area contributed by atoms with Crippen LogP contribution < -0.4 is 0 Å². The smallest absolute Gasteiger partial charge is 0.326 e. The molecule has 2 N–H and O–H groups in total. The number of hydrogen-bond donors (Lipinski definition) is 2. The highest BCUT2D eigenvalue weighted by atomic mass is 16.4. The van der Waals surface area contributed by atoms with E-state index in [2.05, 4.69) is 0 Å². The van der Waals surface area contributed by atoms with Crippen molar-refractivity contribution in [2.45, 2.75) is 25.8 Å². The summed E-state index contributed by atoms with van der Waals surface area (Å²) < 4.78 is 0. The molecule has 0 aliphatic heterocycles. The van der Waals surface area contributed by atoms with Crippen molar-refractivity contribution in [1.82, 2.24) is 4.90 Å². The predicted molar refractivity (Wildman–Crippen MR) is 66.3 cm³/mol. The lowest BCUT2D eigenvalue weighted by Crippen LogP contribution is -2.42. The number of carbonyl (C=O) groups is 2. The van der Waals surface area contributed by atoms with Gasteiger partial charge < -0.3 is 15.1 Å². The monoisotopic (exact) mass is 251 g/mol. The molecule has 0 heterocycles. The highest BCUT2D eigenvalue weighted by molar-refractivity contribution is 5.85. The van der Waals surface area contributed by atoms with Crippen LogP contribution in [-0.2, 0) is 16.0 Å². The van der Waals surface area contributed by atoms with Gasteiger partial charge in [-0.3, -0.25) is 4.79 Å². The number of hydrogen-bond acceptors (Lipinski definition) is 3. The van der Waals surface area contributed by atoms with Crippen molar-refractivity contribution in [3.05, 3.63) is 29.8 Å². The minimum Gasteiger partial charge on any atom is -0.508 e. The van der Waals surface area contributed by atoms with Crippen molar-refractivity contribution in [2.24, 2.45) is 0 Å². The zero-order chi connectivity index (χ0) is 13.7. The van der Waals surface area contributed by atoms with E-state index in [4.69, 9.17) is 5.11 Å². The molecule has 18 heavy (non-hydrogen) atoms. The first-order chi connectivity index (χ1) is 8.47. The van der Waals surface area contributed by atoms with Gasteiger partial charge >= 0.3 is 5.97 Å². The van der Waals surface area contributed by atoms with Gasteiger partial charge in [0, 0.05) is 12.6 Å². The van der Waals surface area contributed by atoms with Gasteiger partial charge in [0.15, 0.2) is 0 Å². The van der Waals surface area contributed by atoms with Gasteiger partial charge in [-0.1, -0.05) is 25.1 Å². The molecule has 0 saturated heterocycles. The number of rotatable bonds is 5. The van der Waals surface area contributed by atoms with Crippen LogP contribution in [-0.4, -0.2) is 40.1 Å². The van der Waals surface area contributed by atoms with Gasteiger partial charge in [-0.25, -0.2) is 4.79 Å². The summed E-state index contributed by atoms with van der Waals surface area (Å²) in [5.74, 6) is -1.31. The maximum absolute atomic E-state index is 11.9. The molecular formula is C13H17NO4. The van der Waals surface area contributed by atoms with E-state index >= 15 is 0 Å². The van der Waals surface area contributed by atoms with Crippen LogP contribution in [0.3, 0.4) is 0 Å². The number of likely N-dealkylation sites (N-methyl/N-ethyl adjacent to an activating group) is 1. The van der Waals surface area contributed by atoms with E-state index in [9.17, 15) is 14.7 Å². The molecule has 1 rings (SSSR count). The Morgan fingerprint density at radius 1 is 1.33 bits per heavy atom. The summed E-state index contributed by atoms with van der Waals surface area (Å²) in [7, 11) is 1.46. The van der Waals surface area contributed by atoms with Crippen molar-refractivity contribution in [3.8, 4) is 5.75 Å². The second-order valence-corrected chi connectivity index (χ2v) is 4.07. The molecule has 0 aliphatic carbocycles. The van der Waals surface area contributed by atoms with E-state index in [-0.39, 0.29) is 18.1 Å². The Kier molecular flexibility index (Phi) is 4.71. The van der Waals surface area contributed by atoms with Gasteiger partial charge in [0.2, 0.25) is 5.91 Å². The number of nitrogens with zero attached hydrogens (tertiary/aromatic N) is 1. The molecule has 0 aliphatic rings. The van der Waals surface area contributed by atoms with Gasteiger partial charge in [0.05, 0.1) is 6.42 Å². The third kappa shape index (κ3) is 3.23. The molecule has 0 saturated carbocycles. The van der Waals surface area contributed by atoms with Gasteiger partial charge in [-0.05, 0) is 12.5 Å². The number of aliphatic carboxylic acids is 1. The molecule has 0 radical (unpaired) electrons. The molecule has 0 spiro atoms. The van der Waals surface area contributed by atoms with Crippen molar-refractivity contribution in [2.75, 3.05) is 7.05 Å². The van der Waals surface area contributed by atoms with Crippen LogP contribution in [0.25, 0.3) is 0 Å². The first kappa shape index (κ1) is 14.0. The normalized spacial score (nSPS) is 11.9. The molecule has 5 nitrogen and oxygen atoms in total. The molecule has 1 aromatic rings. The van der Waals surface area contributed by atoms with E-state index in [1.54, 1.807) is 25.1 Å². The lowest BCUT2D eigenvalue weighted by atomic mass is 10.1. The topological polar surface area (TPSA) is 77.8 Å². The first-order valence-corrected chi connectivity index (χ1v) is 5.72. The van der Waals surface area contributed by atoms with Crippen LogP contribution >= 0.6 is 0 Å². The molecule has 98 valence electrons. The zero-order valence-corrected chi connectivity index (χ0v) is 10.5. The fourth-order valence-corrected chi connectivity index (χ4v) is 1.74. The number of aromatic hydroxyl groups is 1. The Labute approximate surface area is 106 Å². The maximum Gasteiger partial charge on any atom is 0.326 e. The Bertz CT molecular complexity index is 444. The van der Waals surface area contributed by atoms with E-state index in [0.29, 0.717) is 12.0 Å². The Morgan fingerprint density at radius 2 is 1.94 bits per heavy atom. The van der Waals surface area contributed by atoms with E-state index in [0.717, 1.165) is 0 Å². The SMILES string of the molecule is CCC(C(=O)O)N(C)C(=O)Cc1ccccc1O. The van der Waals surface area contributed by atoms with Crippen molar-refractivity contribution >= 4 is 11.9 Å². The molecule has 1 unspecified atom stereocenters. The second-order valence-electron chi connectivity index (χ2n) is 4.07. The number of carboxylic acid groups (broad SMARTS) is 1. The number of benzene rings is 1. The van der Waals surface area contributed by atoms with Crippen LogP contribution in [0.4, 0.5) is 0 Å². The lowest BCUT2D eigenvalue weighted by molar-refractivity contribution is -0.148. The molecule has 0 fully saturated rings. The minimum absolute atomic E-state index is 0.00699. The average molecular weight is 251 g/mol. The van der Waals surface area contributed by atoms with Crippen LogP contribution in [0.1, 0.15) is 18.9 Å². The third-order valence-corrected chi connectivity index (χ3v) is 2.87. The van der Waals surface area contributed by atoms with E-state index < -0.39 is 12.0 Å². The number of amides is 1. The third-order valence-electron chi connectivity index (χ3n) is 2.87. The predicted octanol–water partition coefficient (Wildman–Crippen LogP) is 1.26. The van der Waals surface area contributed by atoms with Crippen LogP contribution in [0.5, 0.6) is 5.75 Å². The average Bonchev–Trinajstić information content (AvgIpc) is 2.32. The van der Waals surface area contributed by atoms with Crippen LogP contribution in [0.15, 0.2) is 24.3 Å². The van der Waals surface area contributed by atoms with Crippen LogP contribution in [0, 0.1) is 0 Å². The number of phenolic OH excluding ortho intramolecular Hbond substituents is 1. The minimum atomic E-state index is -1.02. The highest BCUT2D eigenvalue weighted by Gasteiger charge is 2.24. The van der Waals surface area contributed by atoms with Gasteiger partial charge in [0.1, 0.15) is 11.8 Å². The summed E-state index contributed by atoms with van der Waals surface area (Å²) in [5, 5.41) is 18.5. The maximum atomic E-state index is 11.9. The zero-order valence-electron chi connectivity index (χ0n) is 10.5. The largest absolute Gasteiger partial charge is 0.508 e. The fourth-order valence-electron chi connectivity index (χ4n) is 1.74. The lowest BCUT2D eigenvalue weighted by Gasteiger charge is -2.23. The standard InChI is InChI=1S/C13H17NO4/c1-3-10(13(17)18)14(2)12(16)8-9-6-4-5-7-11(9)15/h4-7,10,15H,3,8H2,1-2H3,(H,17,18). The molecule has 1 amide bonds. The molecule has 0 aromatic heterocycles. The van der Waals surface area contributed by atoms with Crippen molar-refractivity contribution in [1.29, 1.82) is 0 Å². The van der Waals surface area contributed by atoms with Gasteiger partial charge in [-0.2, -0.15) is 0 Å². The summed E-state index contributed by atoms with van der Waals surface area (Å²) in [6.07, 6.45) is 0.339. The molecular weight excluding hydrogens is 234 g/mol. The molecule has 0 bridgehead atoms. The first-order valence-electron chi connectivity index (χ1n) is 5.72. The number of carbonyl (C=O) groups excluding carboxylic acids is 1. The number of para-hydroxylation sites is 1. The number of phenols is 1. The number of carboxylic acids is 1. The summed E-state index contributed by atoms with van der Waals surface area (Å²) in [6.45, 7) is 1.71. The van der Waals surface area contributed by atoms with E-state index in [1.807, 2.05) is 0 Å². The van der Waals surface area contributed by atoms with E-state index in [1.165, 1.54) is 18.0 Å². The van der Waals surface area contributed by atoms with Gasteiger partial charge in [0.25, 0.3) is 0 Å². The summed E-state index contributed by atoms with van der Waals surface area (Å²) in [5.41, 5.74) is 0.495. The molecule has 1 aromatic carbocycles. The summed E-state index contributed by atoms with van der Waals surface area (Å²) in [4.78, 5) is 24.1. The summed E-state index contributed by atoms with van der Waals surface area (Å²) >= 11 is 0. The highest BCUT2D eigenvalue weighted by Crippen LogP contribution is 2.17. The second kappa shape index (κ2) is 6.05. The van der Waals surface area contributed by atoms with Crippen molar-refractivity contribution in [3.63, 3.8) is 0 Å². The Hall–Kier alpha value is -2.04. The van der Waals surface area contributed by atoms with Gasteiger partial charge in [-0.15, -0.1) is 0 Å². The Morgan fingerprint density at radius 3 is 2.44 bits per heavy atom. The molecule has 5 heteroatoms. The quantitative estimate of drug-likeness (QED) is 0.825. The molecule has 1 atom stereocenters. The van der Waals surface area contributed by atoms with Crippen LogP contribution in [0.2, 0.25) is 0 Å². The van der Waals surface area contributed by atoms with Crippen molar-refractivity contribution < 1.29 is 19.8 Å².